The maximum atomic E-state index is 5.61. The highest BCUT2D eigenvalue weighted by Gasteiger charge is 2.10. The number of hydrogen-bond acceptors (Lipinski definition) is 5. The Kier molecular flexibility index (Phi) is 6.88. The Labute approximate surface area is 102 Å². The Morgan fingerprint density at radius 2 is 1.88 bits per heavy atom. The molecule has 0 radical (unpaired) electrons. The summed E-state index contributed by atoms with van der Waals surface area (Å²) in [6.07, 6.45) is 1.68. The molecule has 2 N–H and O–H groups in total. The highest BCUT2D eigenvalue weighted by molar-refractivity contribution is 5.16. The minimum absolute atomic E-state index is 0.435. The van der Waals surface area contributed by atoms with E-state index in [2.05, 4.69) is 4.90 Å². The number of nitrogens with two attached hydrogens (primary N) is 1. The topological polar surface area (TPSA) is 60.9 Å². The first-order valence-electron chi connectivity index (χ1n) is 5.77. The summed E-state index contributed by atoms with van der Waals surface area (Å²) in [4.78, 5) is 2.26. The van der Waals surface area contributed by atoms with Crippen LogP contribution in [0.25, 0.3) is 0 Å². The number of methoxy groups -OCH3 is 2. The molecule has 0 amide bonds. The summed E-state index contributed by atoms with van der Waals surface area (Å²) in [6, 6.07) is 1.97. The van der Waals surface area contributed by atoms with E-state index in [1.165, 1.54) is 0 Å². The summed E-state index contributed by atoms with van der Waals surface area (Å²) in [5, 5.41) is 0. The molecule has 5 nitrogen and oxygen atoms in total. The fourth-order valence-electron chi connectivity index (χ4n) is 1.64. The zero-order valence-electron chi connectivity index (χ0n) is 10.6. The maximum Gasteiger partial charge on any atom is 0.121 e. The van der Waals surface area contributed by atoms with E-state index in [0.717, 1.165) is 31.0 Å². The van der Waals surface area contributed by atoms with Gasteiger partial charge in [-0.2, -0.15) is 0 Å². The second-order valence-corrected chi connectivity index (χ2v) is 3.83. The van der Waals surface area contributed by atoms with Gasteiger partial charge in [0.25, 0.3) is 0 Å². The van der Waals surface area contributed by atoms with Crippen LogP contribution in [0.5, 0.6) is 0 Å². The van der Waals surface area contributed by atoms with Crippen molar-refractivity contribution < 1.29 is 13.9 Å². The van der Waals surface area contributed by atoms with Gasteiger partial charge in [-0.05, 0) is 6.07 Å². The molecule has 0 fully saturated rings. The lowest BCUT2D eigenvalue weighted by Crippen LogP contribution is -2.30. The third-order valence-corrected chi connectivity index (χ3v) is 2.64. The van der Waals surface area contributed by atoms with Crippen molar-refractivity contribution in [3.05, 3.63) is 23.7 Å². The van der Waals surface area contributed by atoms with Gasteiger partial charge >= 0.3 is 0 Å². The molecule has 0 saturated heterocycles. The van der Waals surface area contributed by atoms with E-state index >= 15 is 0 Å². The smallest absolute Gasteiger partial charge is 0.121 e. The molecule has 0 spiro atoms. The van der Waals surface area contributed by atoms with E-state index in [-0.39, 0.29) is 0 Å². The van der Waals surface area contributed by atoms with Gasteiger partial charge in [0.1, 0.15) is 5.76 Å². The van der Waals surface area contributed by atoms with Crippen LogP contribution >= 0.6 is 0 Å². The normalized spacial score (nSPS) is 11.3. The Balaban J connectivity index is 2.51. The first-order valence-corrected chi connectivity index (χ1v) is 5.77. The second kappa shape index (κ2) is 8.25. The predicted molar refractivity (Wildman–Crippen MR) is 65.6 cm³/mol. The Bertz CT molecular complexity index is 294. The van der Waals surface area contributed by atoms with Crippen molar-refractivity contribution in [3.8, 4) is 0 Å². The maximum absolute atomic E-state index is 5.61. The standard InChI is InChI=1S/C12H22N2O3/c1-15-7-4-14(5-8-16-2)10-11-3-6-17-12(11)9-13/h3,6H,4-5,7-10,13H2,1-2H3. The van der Waals surface area contributed by atoms with Gasteiger partial charge in [-0.1, -0.05) is 0 Å². The van der Waals surface area contributed by atoms with Crippen molar-refractivity contribution >= 4 is 0 Å². The van der Waals surface area contributed by atoms with Gasteiger partial charge in [0.2, 0.25) is 0 Å². The lowest BCUT2D eigenvalue weighted by Gasteiger charge is -2.21. The van der Waals surface area contributed by atoms with Crippen molar-refractivity contribution in [2.24, 2.45) is 5.73 Å². The average molecular weight is 242 g/mol. The SMILES string of the molecule is COCCN(CCOC)Cc1ccoc1CN. The van der Waals surface area contributed by atoms with Gasteiger partial charge in [0, 0.05) is 39.4 Å². The van der Waals surface area contributed by atoms with Gasteiger partial charge in [-0.15, -0.1) is 0 Å². The van der Waals surface area contributed by atoms with E-state index < -0.39 is 0 Å². The first-order chi connectivity index (χ1) is 8.31. The average Bonchev–Trinajstić information content (AvgIpc) is 2.79. The van der Waals surface area contributed by atoms with Gasteiger partial charge in [-0.3, -0.25) is 4.90 Å². The van der Waals surface area contributed by atoms with Crippen LogP contribution in [-0.2, 0) is 22.6 Å². The molecule has 1 heterocycles. The third-order valence-electron chi connectivity index (χ3n) is 2.64. The van der Waals surface area contributed by atoms with E-state index in [9.17, 15) is 0 Å². The molecule has 0 aliphatic heterocycles. The Hall–Kier alpha value is -0.880. The number of furan rings is 1. The highest BCUT2D eigenvalue weighted by Crippen LogP contribution is 2.12. The van der Waals surface area contributed by atoms with Crippen LogP contribution in [0, 0.1) is 0 Å². The Morgan fingerprint density at radius 3 is 2.41 bits per heavy atom. The molecule has 0 saturated carbocycles. The molecule has 0 aliphatic rings. The first kappa shape index (κ1) is 14.2. The molecule has 1 aromatic rings. The highest BCUT2D eigenvalue weighted by atomic mass is 16.5. The van der Waals surface area contributed by atoms with Crippen LogP contribution in [-0.4, -0.2) is 45.4 Å². The molecule has 17 heavy (non-hydrogen) atoms. The molecule has 0 unspecified atom stereocenters. The summed E-state index contributed by atoms with van der Waals surface area (Å²) < 4.78 is 15.5. The fourth-order valence-corrected chi connectivity index (χ4v) is 1.64. The van der Waals surface area contributed by atoms with E-state index in [0.29, 0.717) is 19.8 Å². The quantitative estimate of drug-likeness (QED) is 0.695. The minimum Gasteiger partial charge on any atom is -0.468 e. The molecule has 0 bridgehead atoms. The van der Waals surface area contributed by atoms with E-state index in [4.69, 9.17) is 19.6 Å². The summed E-state index contributed by atoms with van der Waals surface area (Å²) in [5.41, 5.74) is 6.75. The predicted octanol–water partition coefficient (Wildman–Crippen LogP) is 0.833. The largest absolute Gasteiger partial charge is 0.468 e. The monoisotopic (exact) mass is 242 g/mol. The zero-order chi connectivity index (χ0) is 12.5. The van der Waals surface area contributed by atoms with Crippen LogP contribution in [0.1, 0.15) is 11.3 Å². The second-order valence-electron chi connectivity index (χ2n) is 3.83. The summed E-state index contributed by atoms with van der Waals surface area (Å²) >= 11 is 0. The van der Waals surface area contributed by atoms with E-state index in [1.807, 2.05) is 6.07 Å². The van der Waals surface area contributed by atoms with Crippen LogP contribution in [0.3, 0.4) is 0 Å². The van der Waals surface area contributed by atoms with Crippen molar-refractivity contribution in [3.63, 3.8) is 0 Å². The number of rotatable bonds is 9. The molecule has 5 heteroatoms. The van der Waals surface area contributed by atoms with Crippen LogP contribution in [0.15, 0.2) is 16.7 Å². The molecule has 0 aromatic carbocycles. The number of hydrogen-bond donors (Lipinski definition) is 1. The number of nitrogens with zero attached hydrogens (tertiary/aromatic N) is 1. The van der Waals surface area contributed by atoms with Crippen LogP contribution in [0.2, 0.25) is 0 Å². The van der Waals surface area contributed by atoms with E-state index in [1.54, 1.807) is 20.5 Å². The van der Waals surface area contributed by atoms with Crippen molar-refractivity contribution in [1.82, 2.24) is 4.90 Å². The molecule has 1 aromatic heterocycles. The molecule has 98 valence electrons. The van der Waals surface area contributed by atoms with Crippen molar-refractivity contribution in [2.75, 3.05) is 40.5 Å². The lowest BCUT2D eigenvalue weighted by molar-refractivity contribution is 0.110. The van der Waals surface area contributed by atoms with Crippen LogP contribution in [0.4, 0.5) is 0 Å². The summed E-state index contributed by atoms with van der Waals surface area (Å²) in [7, 11) is 3.41. The summed E-state index contributed by atoms with van der Waals surface area (Å²) in [5.74, 6) is 0.852. The fraction of sp³-hybridized carbons (Fsp3) is 0.667. The molecular weight excluding hydrogens is 220 g/mol. The van der Waals surface area contributed by atoms with Gasteiger partial charge in [0.05, 0.1) is 26.0 Å². The molecule has 0 atom stereocenters. The molecule has 1 rings (SSSR count). The number of ether oxygens (including phenoxy) is 2. The van der Waals surface area contributed by atoms with Gasteiger partial charge in [0.15, 0.2) is 0 Å². The Morgan fingerprint density at radius 1 is 1.24 bits per heavy atom. The molecular formula is C12H22N2O3. The van der Waals surface area contributed by atoms with Crippen LogP contribution < -0.4 is 5.73 Å². The summed E-state index contributed by atoms with van der Waals surface area (Å²) in [6.45, 7) is 4.41. The van der Waals surface area contributed by atoms with Gasteiger partial charge < -0.3 is 19.6 Å². The van der Waals surface area contributed by atoms with Gasteiger partial charge in [-0.25, -0.2) is 0 Å². The van der Waals surface area contributed by atoms with Crippen molar-refractivity contribution in [1.29, 1.82) is 0 Å². The zero-order valence-corrected chi connectivity index (χ0v) is 10.6. The minimum atomic E-state index is 0.435. The third kappa shape index (κ3) is 4.87. The lowest BCUT2D eigenvalue weighted by atomic mass is 10.2. The van der Waals surface area contributed by atoms with Crippen molar-refractivity contribution in [2.45, 2.75) is 13.1 Å². The molecule has 0 aliphatic carbocycles.